The Morgan fingerprint density at radius 1 is 0.947 bits per heavy atom. The lowest BCUT2D eigenvalue weighted by Gasteiger charge is -2.08. The molecule has 0 atom stereocenters. The molecule has 3 rings (SSSR count). The van der Waals surface area contributed by atoms with E-state index in [0.717, 1.165) is 11.7 Å². The van der Waals surface area contributed by atoms with Crippen LogP contribution in [-0.2, 0) is 0 Å². The predicted octanol–water partition coefficient (Wildman–Crippen LogP) is 5.16. The van der Waals surface area contributed by atoms with Gasteiger partial charge in [-0.2, -0.15) is 8.75 Å². The van der Waals surface area contributed by atoms with Crippen LogP contribution in [0.4, 0.5) is 8.78 Å². The summed E-state index contributed by atoms with van der Waals surface area (Å²) in [6, 6.07) is 7.03. The van der Waals surface area contributed by atoms with Crippen molar-refractivity contribution < 1.29 is 8.78 Å². The van der Waals surface area contributed by atoms with E-state index in [1.54, 1.807) is 24.3 Å². The summed E-state index contributed by atoms with van der Waals surface area (Å²) < 4.78 is 36.9. The second-order valence-electron chi connectivity index (χ2n) is 3.76. The number of hydrogen-bond donors (Lipinski definition) is 0. The normalized spacial score (nSPS) is 11.2. The Morgan fingerprint density at radius 2 is 1.63 bits per heavy atom. The fourth-order valence-corrected chi connectivity index (χ4v) is 3.43. The van der Waals surface area contributed by atoms with Crippen LogP contribution in [0.25, 0.3) is 22.2 Å². The molecule has 0 N–H and O–H groups in total. The van der Waals surface area contributed by atoms with E-state index in [-0.39, 0.29) is 10.0 Å². The molecular weight excluding hydrogens is 402 g/mol. The van der Waals surface area contributed by atoms with Crippen molar-refractivity contribution in [3.63, 3.8) is 0 Å². The molecule has 1 aromatic heterocycles. The van der Waals surface area contributed by atoms with Crippen LogP contribution in [0.2, 0.25) is 0 Å². The first-order valence-corrected chi connectivity index (χ1v) is 7.46. The first-order chi connectivity index (χ1) is 9.11. The number of aromatic nitrogens is 2. The zero-order valence-electron chi connectivity index (χ0n) is 9.12. The van der Waals surface area contributed by atoms with Crippen molar-refractivity contribution in [3.05, 3.63) is 44.8 Å². The Labute approximate surface area is 128 Å². The van der Waals surface area contributed by atoms with Gasteiger partial charge in [-0.05, 0) is 22.0 Å². The first-order valence-electron chi connectivity index (χ1n) is 5.15. The number of nitrogens with zero attached hydrogens (tertiary/aromatic N) is 2. The van der Waals surface area contributed by atoms with E-state index < -0.39 is 11.6 Å². The van der Waals surface area contributed by atoms with Crippen LogP contribution in [0, 0.1) is 11.6 Å². The van der Waals surface area contributed by atoms with Gasteiger partial charge >= 0.3 is 0 Å². The molecule has 2 nitrogen and oxygen atoms in total. The van der Waals surface area contributed by atoms with E-state index >= 15 is 0 Å². The van der Waals surface area contributed by atoms with Gasteiger partial charge in [0.25, 0.3) is 0 Å². The molecule has 0 fully saturated rings. The van der Waals surface area contributed by atoms with E-state index in [0.29, 0.717) is 21.1 Å². The van der Waals surface area contributed by atoms with Crippen LogP contribution >= 0.6 is 43.6 Å². The maximum absolute atomic E-state index is 14.2. The zero-order chi connectivity index (χ0) is 13.6. The van der Waals surface area contributed by atoms with Gasteiger partial charge in [0.15, 0.2) is 11.6 Å². The molecule has 0 saturated heterocycles. The van der Waals surface area contributed by atoms with E-state index in [9.17, 15) is 8.78 Å². The Hall–Kier alpha value is -0.920. The van der Waals surface area contributed by atoms with Gasteiger partial charge in [-0.3, -0.25) is 0 Å². The highest BCUT2D eigenvalue weighted by molar-refractivity contribution is 9.11. The maximum Gasteiger partial charge on any atom is 0.176 e. The smallest absolute Gasteiger partial charge is 0.176 e. The summed E-state index contributed by atoms with van der Waals surface area (Å²) in [4.78, 5) is 0. The van der Waals surface area contributed by atoms with Gasteiger partial charge in [0, 0.05) is 10.0 Å². The summed E-state index contributed by atoms with van der Waals surface area (Å²) in [6.45, 7) is 0. The van der Waals surface area contributed by atoms with Gasteiger partial charge in [0.2, 0.25) is 0 Å². The van der Waals surface area contributed by atoms with Crippen LogP contribution in [0.1, 0.15) is 0 Å². The summed E-state index contributed by atoms with van der Waals surface area (Å²) in [5.41, 5.74) is 1.35. The van der Waals surface area contributed by atoms with Crippen molar-refractivity contribution in [2.45, 2.75) is 0 Å². The van der Waals surface area contributed by atoms with E-state index in [1.807, 2.05) is 0 Å². The summed E-state index contributed by atoms with van der Waals surface area (Å²) in [5.74, 6) is -1.88. The molecule has 19 heavy (non-hydrogen) atoms. The number of fused-ring (bicyclic) bond motifs is 1. The maximum atomic E-state index is 14.2. The molecule has 0 unspecified atom stereocenters. The molecule has 1 heterocycles. The molecule has 0 aliphatic rings. The molecule has 0 aliphatic heterocycles. The highest BCUT2D eigenvalue weighted by Gasteiger charge is 2.23. The second kappa shape index (κ2) is 4.88. The Bertz CT molecular complexity index is 789. The molecule has 3 aromatic rings. The van der Waals surface area contributed by atoms with Crippen LogP contribution in [0.5, 0.6) is 0 Å². The zero-order valence-corrected chi connectivity index (χ0v) is 13.1. The lowest BCUT2D eigenvalue weighted by atomic mass is 10.0. The van der Waals surface area contributed by atoms with Crippen LogP contribution in [0.15, 0.2) is 33.2 Å². The topological polar surface area (TPSA) is 25.8 Å². The third kappa shape index (κ3) is 2.00. The molecule has 0 aliphatic carbocycles. The summed E-state index contributed by atoms with van der Waals surface area (Å²) in [5, 5.41) is 0. The minimum Gasteiger partial charge on any atom is -0.203 e. The predicted molar refractivity (Wildman–Crippen MR) is 78.2 cm³/mol. The van der Waals surface area contributed by atoms with Gasteiger partial charge in [-0.15, -0.1) is 0 Å². The Kier molecular flexibility index (Phi) is 3.36. The lowest BCUT2D eigenvalue weighted by molar-refractivity contribution is 0.509. The lowest BCUT2D eigenvalue weighted by Crippen LogP contribution is -1.95. The minimum atomic E-state index is -0.953. The van der Waals surface area contributed by atoms with Gasteiger partial charge in [0.1, 0.15) is 11.0 Å². The van der Waals surface area contributed by atoms with Gasteiger partial charge in [0.05, 0.1) is 21.8 Å². The minimum absolute atomic E-state index is 0.00422. The molecule has 0 radical (unpaired) electrons. The average molecular weight is 406 g/mol. The van der Waals surface area contributed by atoms with Crippen molar-refractivity contribution in [3.8, 4) is 11.1 Å². The van der Waals surface area contributed by atoms with Crippen molar-refractivity contribution in [2.75, 3.05) is 0 Å². The number of rotatable bonds is 1. The van der Waals surface area contributed by atoms with Crippen molar-refractivity contribution in [1.29, 1.82) is 0 Å². The molecule has 2 aromatic carbocycles. The first kappa shape index (κ1) is 13.1. The van der Waals surface area contributed by atoms with Crippen LogP contribution in [0.3, 0.4) is 0 Å². The molecule has 0 spiro atoms. The third-order valence-electron chi connectivity index (χ3n) is 2.68. The molecule has 0 amide bonds. The molecule has 0 bridgehead atoms. The second-order valence-corrected chi connectivity index (χ2v) is 5.93. The number of halogens is 4. The van der Waals surface area contributed by atoms with E-state index in [1.165, 1.54) is 0 Å². The monoisotopic (exact) mass is 404 g/mol. The fraction of sp³-hybridized carbons (Fsp3) is 0. The van der Waals surface area contributed by atoms with Gasteiger partial charge in [-0.25, -0.2) is 8.78 Å². The van der Waals surface area contributed by atoms with Gasteiger partial charge in [-0.1, -0.05) is 34.1 Å². The molecule has 0 saturated carbocycles. The van der Waals surface area contributed by atoms with Gasteiger partial charge < -0.3 is 0 Å². The highest BCUT2D eigenvalue weighted by Crippen LogP contribution is 2.39. The standard InChI is InChI=1S/C12H4Br2F2N2S/c13-6-4-2-1-3-5(6)7-9(15)10(16)8(14)12-11(7)17-19-18-12/h1-4H. The van der Waals surface area contributed by atoms with E-state index in [2.05, 4.69) is 40.6 Å². The van der Waals surface area contributed by atoms with Crippen LogP contribution in [-0.4, -0.2) is 8.75 Å². The SMILES string of the molecule is Fc1c(F)c(-c2ccccc2Br)c2nsnc2c1Br. The van der Waals surface area contributed by atoms with Crippen molar-refractivity contribution in [2.24, 2.45) is 0 Å². The molecule has 96 valence electrons. The van der Waals surface area contributed by atoms with E-state index in [4.69, 9.17) is 0 Å². The molecule has 7 heteroatoms. The largest absolute Gasteiger partial charge is 0.203 e. The summed E-state index contributed by atoms with van der Waals surface area (Å²) in [7, 11) is 0. The Morgan fingerprint density at radius 3 is 2.37 bits per heavy atom. The number of benzene rings is 2. The quantitative estimate of drug-likeness (QED) is 0.522. The average Bonchev–Trinajstić information content (AvgIpc) is 2.87. The van der Waals surface area contributed by atoms with Crippen molar-refractivity contribution in [1.82, 2.24) is 8.75 Å². The summed E-state index contributed by atoms with van der Waals surface area (Å²) in [6.07, 6.45) is 0. The molecular formula is C12H4Br2F2N2S. The Balaban J connectivity index is 2.48. The van der Waals surface area contributed by atoms with Crippen molar-refractivity contribution >= 4 is 54.6 Å². The third-order valence-corrected chi connectivity index (χ3v) is 4.62. The van der Waals surface area contributed by atoms with Crippen LogP contribution < -0.4 is 0 Å². The number of hydrogen-bond acceptors (Lipinski definition) is 3. The highest BCUT2D eigenvalue weighted by atomic mass is 79.9. The summed E-state index contributed by atoms with van der Waals surface area (Å²) >= 11 is 7.27. The fourth-order valence-electron chi connectivity index (χ4n) is 1.82.